The molecule has 0 bridgehead atoms. The molecule has 0 amide bonds. The molecule has 1 saturated carbocycles. The van der Waals surface area contributed by atoms with Gasteiger partial charge in [0.25, 0.3) is 0 Å². The predicted molar refractivity (Wildman–Crippen MR) is 54.9 cm³/mol. The van der Waals surface area contributed by atoms with Gasteiger partial charge in [-0.25, -0.2) is 0 Å². The van der Waals surface area contributed by atoms with Crippen molar-refractivity contribution in [2.45, 2.75) is 63.4 Å². The van der Waals surface area contributed by atoms with Gasteiger partial charge in [0.2, 0.25) is 0 Å². The van der Waals surface area contributed by atoms with E-state index in [1.54, 1.807) is 0 Å². The summed E-state index contributed by atoms with van der Waals surface area (Å²) in [5, 5.41) is 0. The van der Waals surface area contributed by atoms with Gasteiger partial charge in [-0.3, -0.25) is 0 Å². The van der Waals surface area contributed by atoms with Crippen molar-refractivity contribution in [2.24, 2.45) is 5.73 Å². The molecule has 1 atom stereocenters. The van der Waals surface area contributed by atoms with Gasteiger partial charge in [-0.05, 0) is 44.9 Å². The highest BCUT2D eigenvalue weighted by atomic mass is 16.7. The van der Waals surface area contributed by atoms with Gasteiger partial charge in [0.05, 0.1) is 6.10 Å². The van der Waals surface area contributed by atoms with Crippen LogP contribution in [0.4, 0.5) is 0 Å². The van der Waals surface area contributed by atoms with Gasteiger partial charge < -0.3 is 15.2 Å². The molecule has 0 spiro atoms. The molecule has 14 heavy (non-hydrogen) atoms. The zero-order chi connectivity index (χ0) is 9.80. The first-order valence-electron chi connectivity index (χ1n) is 5.87. The molecule has 2 aliphatic rings. The van der Waals surface area contributed by atoms with Crippen LogP contribution in [0.3, 0.4) is 0 Å². The topological polar surface area (TPSA) is 44.5 Å². The molecule has 1 aliphatic carbocycles. The van der Waals surface area contributed by atoms with E-state index in [2.05, 4.69) is 0 Å². The fourth-order valence-corrected chi connectivity index (χ4v) is 2.26. The summed E-state index contributed by atoms with van der Waals surface area (Å²) in [7, 11) is 0. The second kappa shape index (κ2) is 5.10. The Bertz CT molecular complexity index is 161. The zero-order valence-electron chi connectivity index (χ0n) is 8.78. The Morgan fingerprint density at radius 1 is 1.00 bits per heavy atom. The van der Waals surface area contributed by atoms with Crippen LogP contribution in [-0.4, -0.2) is 25.0 Å². The molecule has 1 heterocycles. The number of ether oxygens (including phenoxy) is 2. The van der Waals surface area contributed by atoms with E-state index in [0.717, 1.165) is 38.7 Å². The highest BCUT2D eigenvalue weighted by molar-refractivity contribution is 4.75. The third kappa shape index (κ3) is 2.94. The molecule has 82 valence electrons. The molecule has 0 radical (unpaired) electrons. The Morgan fingerprint density at radius 3 is 2.43 bits per heavy atom. The number of nitrogens with two attached hydrogens (primary N) is 1. The van der Waals surface area contributed by atoms with Gasteiger partial charge in [-0.2, -0.15) is 0 Å². The fourth-order valence-electron chi connectivity index (χ4n) is 2.26. The Labute approximate surface area is 85.9 Å². The first-order valence-corrected chi connectivity index (χ1v) is 5.87. The molecule has 0 aromatic heterocycles. The maximum atomic E-state index is 5.90. The molecule has 0 aromatic rings. The Kier molecular flexibility index (Phi) is 3.79. The Morgan fingerprint density at radius 2 is 1.79 bits per heavy atom. The molecule has 0 aromatic carbocycles. The van der Waals surface area contributed by atoms with Crippen LogP contribution in [0, 0.1) is 0 Å². The summed E-state index contributed by atoms with van der Waals surface area (Å²) in [6.07, 6.45) is 8.42. The minimum atomic E-state index is 0.0723. The number of hydrogen-bond acceptors (Lipinski definition) is 3. The highest BCUT2D eigenvalue weighted by Gasteiger charge is 2.23. The van der Waals surface area contributed by atoms with E-state index in [9.17, 15) is 0 Å². The first-order chi connectivity index (χ1) is 6.84. The third-order valence-corrected chi connectivity index (χ3v) is 3.20. The molecule has 1 aliphatic heterocycles. The van der Waals surface area contributed by atoms with Crippen LogP contribution in [0.15, 0.2) is 0 Å². The van der Waals surface area contributed by atoms with E-state index in [1.807, 2.05) is 0 Å². The van der Waals surface area contributed by atoms with Gasteiger partial charge in [-0.1, -0.05) is 0 Å². The average Bonchev–Trinajstić information content (AvgIpc) is 2.23. The number of hydrogen-bond donors (Lipinski definition) is 1. The van der Waals surface area contributed by atoms with Gasteiger partial charge in [0, 0.05) is 12.6 Å². The summed E-state index contributed by atoms with van der Waals surface area (Å²) >= 11 is 0. The second-order valence-electron chi connectivity index (χ2n) is 4.47. The summed E-state index contributed by atoms with van der Waals surface area (Å²) in [4.78, 5) is 0. The van der Waals surface area contributed by atoms with Crippen molar-refractivity contribution in [3.8, 4) is 0 Å². The number of rotatable bonds is 2. The molecule has 1 saturated heterocycles. The molecule has 2 fully saturated rings. The van der Waals surface area contributed by atoms with E-state index >= 15 is 0 Å². The van der Waals surface area contributed by atoms with E-state index in [-0.39, 0.29) is 6.29 Å². The van der Waals surface area contributed by atoms with Gasteiger partial charge in [0.15, 0.2) is 6.29 Å². The third-order valence-electron chi connectivity index (χ3n) is 3.20. The summed E-state index contributed by atoms with van der Waals surface area (Å²) in [5.74, 6) is 0. The highest BCUT2D eigenvalue weighted by Crippen LogP contribution is 2.24. The van der Waals surface area contributed by atoms with Crippen LogP contribution in [-0.2, 0) is 9.47 Å². The van der Waals surface area contributed by atoms with E-state index in [0.29, 0.717) is 12.1 Å². The van der Waals surface area contributed by atoms with Crippen molar-refractivity contribution in [3.05, 3.63) is 0 Å². The minimum Gasteiger partial charge on any atom is -0.353 e. The molecule has 2 N–H and O–H groups in total. The van der Waals surface area contributed by atoms with Gasteiger partial charge in [-0.15, -0.1) is 0 Å². The van der Waals surface area contributed by atoms with Gasteiger partial charge in [0.1, 0.15) is 0 Å². The molecular weight excluding hydrogens is 178 g/mol. The predicted octanol–water partition coefficient (Wildman–Crippen LogP) is 1.80. The van der Waals surface area contributed by atoms with Gasteiger partial charge >= 0.3 is 0 Å². The van der Waals surface area contributed by atoms with Crippen molar-refractivity contribution >= 4 is 0 Å². The van der Waals surface area contributed by atoms with Crippen LogP contribution >= 0.6 is 0 Å². The maximum Gasteiger partial charge on any atom is 0.157 e. The lowest BCUT2D eigenvalue weighted by molar-refractivity contribution is -0.193. The van der Waals surface area contributed by atoms with E-state index in [4.69, 9.17) is 15.2 Å². The second-order valence-corrected chi connectivity index (χ2v) is 4.47. The van der Waals surface area contributed by atoms with Crippen molar-refractivity contribution < 1.29 is 9.47 Å². The quantitative estimate of drug-likeness (QED) is 0.737. The van der Waals surface area contributed by atoms with Crippen molar-refractivity contribution in [1.82, 2.24) is 0 Å². The SMILES string of the molecule is NC1CCC(OC2CCCCO2)CC1. The fraction of sp³-hybridized carbons (Fsp3) is 1.00. The molecule has 3 heteroatoms. The summed E-state index contributed by atoms with van der Waals surface area (Å²) < 4.78 is 11.5. The lowest BCUT2D eigenvalue weighted by atomic mass is 9.94. The Hall–Kier alpha value is -0.120. The Balaban J connectivity index is 1.68. The summed E-state index contributed by atoms with van der Waals surface area (Å²) in [6.45, 7) is 0.872. The van der Waals surface area contributed by atoms with E-state index in [1.165, 1.54) is 12.8 Å². The van der Waals surface area contributed by atoms with Crippen LogP contribution in [0.1, 0.15) is 44.9 Å². The largest absolute Gasteiger partial charge is 0.353 e. The molecular formula is C11H21NO2. The maximum absolute atomic E-state index is 5.90. The van der Waals surface area contributed by atoms with Crippen molar-refractivity contribution in [1.29, 1.82) is 0 Å². The standard InChI is InChI=1S/C11H21NO2/c12-9-4-6-10(7-5-9)14-11-3-1-2-8-13-11/h9-11H,1-8,12H2. The van der Waals surface area contributed by atoms with Crippen molar-refractivity contribution in [3.63, 3.8) is 0 Å². The summed E-state index contributed by atoms with van der Waals surface area (Å²) in [5.41, 5.74) is 5.84. The van der Waals surface area contributed by atoms with Crippen LogP contribution in [0.5, 0.6) is 0 Å². The minimum absolute atomic E-state index is 0.0723. The summed E-state index contributed by atoms with van der Waals surface area (Å²) in [6, 6.07) is 0.405. The smallest absolute Gasteiger partial charge is 0.157 e. The molecule has 2 rings (SSSR count). The van der Waals surface area contributed by atoms with Crippen LogP contribution in [0.25, 0.3) is 0 Å². The van der Waals surface area contributed by atoms with Crippen LogP contribution < -0.4 is 5.73 Å². The van der Waals surface area contributed by atoms with Crippen molar-refractivity contribution in [2.75, 3.05) is 6.61 Å². The molecule has 3 nitrogen and oxygen atoms in total. The molecule has 1 unspecified atom stereocenters. The van der Waals surface area contributed by atoms with E-state index < -0.39 is 0 Å². The monoisotopic (exact) mass is 199 g/mol. The average molecular weight is 199 g/mol. The van der Waals surface area contributed by atoms with Crippen LogP contribution in [0.2, 0.25) is 0 Å². The lowest BCUT2D eigenvalue weighted by Gasteiger charge is -2.31. The first kappa shape index (κ1) is 10.4. The zero-order valence-corrected chi connectivity index (χ0v) is 8.78. The lowest BCUT2D eigenvalue weighted by Crippen LogP contribution is -2.34. The normalized spacial score (nSPS) is 39.6.